The second-order valence-corrected chi connectivity index (χ2v) is 6.52. The fraction of sp³-hybridized carbons (Fsp3) is 0.381. The second kappa shape index (κ2) is 9.60. The average Bonchev–Trinajstić information content (AvgIpc) is 2.67. The highest BCUT2D eigenvalue weighted by Crippen LogP contribution is 2.21. The average molecular weight is 375 g/mol. The van der Waals surface area contributed by atoms with Gasteiger partial charge in [0.1, 0.15) is 5.75 Å². The van der Waals surface area contributed by atoms with Gasteiger partial charge >= 0.3 is 0 Å². The quantitative estimate of drug-likeness (QED) is 0.719. The van der Waals surface area contributed by atoms with Gasteiger partial charge in [-0.25, -0.2) is 0 Å². The first-order valence-electron chi connectivity index (χ1n) is 8.87. The number of methoxy groups -OCH3 is 1. The molecule has 0 aromatic heterocycles. The summed E-state index contributed by atoms with van der Waals surface area (Å²) in [6.45, 7) is 7.03. The Morgan fingerprint density at radius 3 is 2.27 bits per heavy atom. The number of nitrogens with zero attached hydrogens (tertiary/aromatic N) is 2. The van der Waals surface area contributed by atoms with Crippen molar-refractivity contribution in [2.45, 2.75) is 13.3 Å². The maximum atomic E-state index is 12.3. The summed E-state index contributed by atoms with van der Waals surface area (Å²) in [7, 11) is 1.63. The van der Waals surface area contributed by atoms with Gasteiger partial charge in [-0.3, -0.25) is 9.69 Å². The van der Waals surface area contributed by atoms with Gasteiger partial charge in [0.05, 0.1) is 7.11 Å². The third kappa shape index (κ3) is 4.99. The SMILES string of the molecule is COc1ccc(C(=O)CCN2CCN(c3ccccc3C)CC2)cc1.Cl. The third-order valence-electron chi connectivity index (χ3n) is 4.90. The molecular formula is C21H27ClN2O2. The molecule has 3 rings (SSSR count). The van der Waals surface area contributed by atoms with Crippen LogP contribution in [-0.4, -0.2) is 50.5 Å². The fourth-order valence-electron chi connectivity index (χ4n) is 3.31. The molecule has 4 nitrogen and oxygen atoms in total. The van der Waals surface area contributed by atoms with Crippen molar-refractivity contribution in [3.8, 4) is 5.75 Å². The number of carbonyl (C=O) groups is 1. The number of Topliss-reactive ketones (excluding diaryl/α,β-unsaturated/α-hetero) is 1. The third-order valence-corrected chi connectivity index (χ3v) is 4.90. The molecule has 0 N–H and O–H groups in total. The molecule has 0 saturated carbocycles. The highest BCUT2D eigenvalue weighted by Gasteiger charge is 2.19. The van der Waals surface area contributed by atoms with Gasteiger partial charge < -0.3 is 9.64 Å². The summed E-state index contributed by atoms with van der Waals surface area (Å²) in [4.78, 5) is 17.2. The van der Waals surface area contributed by atoms with Crippen LogP contribution in [0.5, 0.6) is 5.75 Å². The van der Waals surface area contributed by atoms with E-state index in [4.69, 9.17) is 4.74 Å². The van der Waals surface area contributed by atoms with E-state index in [1.165, 1.54) is 11.3 Å². The second-order valence-electron chi connectivity index (χ2n) is 6.52. The Morgan fingerprint density at radius 2 is 1.65 bits per heavy atom. The van der Waals surface area contributed by atoms with Crippen molar-refractivity contribution in [2.75, 3.05) is 44.7 Å². The van der Waals surface area contributed by atoms with Gasteiger partial charge in [0.25, 0.3) is 0 Å². The zero-order valence-electron chi connectivity index (χ0n) is 15.5. The van der Waals surface area contributed by atoms with Gasteiger partial charge in [-0.2, -0.15) is 0 Å². The largest absolute Gasteiger partial charge is 0.497 e. The molecule has 2 aromatic rings. The van der Waals surface area contributed by atoms with Crippen molar-refractivity contribution < 1.29 is 9.53 Å². The van der Waals surface area contributed by atoms with Crippen molar-refractivity contribution in [1.82, 2.24) is 4.90 Å². The lowest BCUT2D eigenvalue weighted by molar-refractivity contribution is 0.0962. The summed E-state index contributed by atoms with van der Waals surface area (Å²) < 4.78 is 5.13. The molecule has 1 heterocycles. The van der Waals surface area contributed by atoms with Crippen molar-refractivity contribution >= 4 is 23.9 Å². The molecular weight excluding hydrogens is 348 g/mol. The number of carbonyl (C=O) groups excluding carboxylic acids is 1. The van der Waals surface area contributed by atoms with Crippen LogP contribution in [0.2, 0.25) is 0 Å². The number of ketones is 1. The Hall–Kier alpha value is -2.04. The number of para-hydroxylation sites is 1. The van der Waals surface area contributed by atoms with Crippen LogP contribution in [0.4, 0.5) is 5.69 Å². The summed E-state index contributed by atoms with van der Waals surface area (Å²) in [5, 5.41) is 0. The van der Waals surface area contributed by atoms with Crippen molar-refractivity contribution in [1.29, 1.82) is 0 Å². The molecule has 2 aromatic carbocycles. The number of piperazine rings is 1. The topological polar surface area (TPSA) is 32.8 Å². The van der Waals surface area contributed by atoms with E-state index in [1.807, 2.05) is 24.3 Å². The van der Waals surface area contributed by atoms with E-state index in [9.17, 15) is 4.79 Å². The molecule has 26 heavy (non-hydrogen) atoms. The summed E-state index contributed by atoms with van der Waals surface area (Å²) in [5.74, 6) is 0.980. The van der Waals surface area contributed by atoms with Gasteiger partial charge in [-0.05, 0) is 42.8 Å². The Balaban J connectivity index is 0.00000243. The Bertz CT molecular complexity index is 710. The molecule has 1 aliphatic heterocycles. The molecule has 5 heteroatoms. The molecule has 140 valence electrons. The lowest BCUT2D eigenvalue weighted by Gasteiger charge is -2.36. The molecule has 0 spiro atoms. The first kappa shape index (κ1) is 20.3. The predicted molar refractivity (Wildman–Crippen MR) is 109 cm³/mol. The maximum absolute atomic E-state index is 12.3. The molecule has 0 unspecified atom stereocenters. The smallest absolute Gasteiger partial charge is 0.164 e. The molecule has 0 bridgehead atoms. The van der Waals surface area contributed by atoms with Gasteiger partial charge in [-0.15, -0.1) is 12.4 Å². The maximum Gasteiger partial charge on any atom is 0.164 e. The Morgan fingerprint density at radius 1 is 1.00 bits per heavy atom. The zero-order valence-corrected chi connectivity index (χ0v) is 16.3. The standard InChI is InChI=1S/C21H26N2O2.ClH/c1-17-5-3-4-6-20(17)23-15-13-22(14-16-23)12-11-21(24)18-7-9-19(25-2)10-8-18;/h3-10H,11-16H2,1-2H3;1H. The van der Waals surface area contributed by atoms with E-state index in [0.29, 0.717) is 6.42 Å². The van der Waals surface area contributed by atoms with E-state index in [-0.39, 0.29) is 18.2 Å². The highest BCUT2D eigenvalue weighted by molar-refractivity contribution is 5.96. The minimum Gasteiger partial charge on any atom is -0.497 e. The summed E-state index contributed by atoms with van der Waals surface area (Å²) in [6.07, 6.45) is 0.566. The van der Waals surface area contributed by atoms with E-state index >= 15 is 0 Å². The number of hydrogen-bond donors (Lipinski definition) is 0. The Kier molecular flexibility index (Phi) is 7.49. The van der Waals surface area contributed by atoms with Crippen LogP contribution in [0.25, 0.3) is 0 Å². The molecule has 1 saturated heterocycles. The minimum absolute atomic E-state index is 0. The van der Waals surface area contributed by atoms with E-state index < -0.39 is 0 Å². The predicted octanol–water partition coefficient (Wildman–Crippen LogP) is 3.82. The van der Waals surface area contributed by atoms with Gasteiger partial charge in [0.2, 0.25) is 0 Å². The Labute approximate surface area is 162 Å². The van der Waals surface area contributed by atoms with Gasteiger partial charge in [-0.1, -0.05) is 18.2 Å². The molecule has 0 atom stereocenters. The molecule has 1 aliphatic rings. The first-order valence-corrected chi connectivity index (χ1v) is 8.87. The number of benzene rings is 2. The van der Waals surface area contributed by atoms with Crippen LogP contribution in [0.3, 0.4) is 0 Å². The van der Waals surface area contributed by atoms with E-state index in [0.717, 1.165) is 44.0 Å². The molecule has 0 amide bonds. The van der Waals surface area contributed by atoms with E-state index in [1.54, 1.807) is 7.11 Å². The van der Waals surface area contributed by atoms with Crippen LogP contribution in [0.15, 0.2) is 48.5 Å². The van der Waals surface area contributed by atoms with Crippen molar-refractivity contribution in [3.63, 3.8) is 0 Å². The monoisotopic (exact) mass is 374 g/mol. The number of ether oxygens (including phenoxy) is 1. The summed E-state index contributed by atoms with van der Waals surface area (Å²) in [5.41, 5.74) is 3.42. The molecule has 1 fully saturated rings. The van der Waals surface area contributed by atoms with Gasteiger partial charge in [0.15, 0.2) is 5.78 Å². The van der Waals surface area contributed by atoms with Crippen molar-refractivity contribution in [2.24, 2.45) is 0 Å². The van der Waals surface area contributed by atoms with Crippen LogP contribution in [0.1, 0.15) is 22.3 Å². The molecule has 0 radical (unpaired) electrons. The molecule has 0 aliphatic carbocycles. The lowest BCUT2D eigenvalue weighted by atomic mass is 10.1. The lowest BCUT2D eigenvalue weighted by Crippen LogP contribution is -2.47. The number of rotatable bonds is 6. The van der Waals surface area contributed by atoms with Crippen LogP contribution < -0.4 is 9.64 Å². The van der Waals surface area contributed by atoms with Crippen LogP contribution in [-0.2, 0) is 0 Å². The normalized spacial score (nSPS) is 14.6. The number of aryl methyl sites for hydroxylation is 1. The van der Waals surface area contributed by atoms with Gasteiger partial charge in [0, 0.05) is 50.4 Å². The number of hydrogen-bond acceptors (Lipinski definition) is 4. The minimum atomic E-state index is 0. The van der Waals surface area contributed by atoms with Crippen molar-refractivity contribution in [3.05, 3.63) is 59.7 Å². The summed E-state index contributed by atoms with van der Waals surface area (Å²) >= 11 is 0. The van der Waals surface area contributed by atoms with Crippen LogP contribution in [0, 0.1) is 6.92 Å². The summed E-state index contributed by atoms with van der Waals surface area (Å²) in [6, 6.07) is 15.9. The van der Waals surface area contributed by atoms with Crippen LogP contribution >= 0.6 is 12.4 Å². The highest BCUT2D eigenvalue weighted by atomic mass is 35.5. The first-order chi connectivity index (χ1) is 12.2. The fourth-order valence-corrected chi connectivity index (χ4v) is 3.31. The zero-order chi connectivity index (χ0) is 17.6. The number of halogens is 1. The van der Waals surface area contributed by atoms with E-state index in [2.05, 4.69) is 41.0 Å². The number of anilines is 1.